The van der Waals surface area contributed by atoms with E-state index >= 15 is 0 Å². The summed E-state index contributed by atoms with van der Waals surface area (Å²) >= 11 is -0.524. The molecule has 0 spiro atoms. The van der Waals surface area contributed by atoms with Crippen LogP contribution in [0, 0.1) is 0 Å². The predicted octanol–water partition coefficient (Wildman–Crippen LogP) is 3.36. The second-order valence-corrected chi connectivity index (χ2v) is 4.51. The first-order valence-electron chi connectivity index (χ1n) is 4.93. The van der Waals surface area contributed by atoms with Gasteiger partial charge in [-0.2, -0.15) is 26.3 Å². The summed E-state index contributed by atoms with van der Waals surface area (Å²) in [4.78, 5) is 19.5. The van der Waals surface area contributed by atoms with Gasteiger partial charge < -0.3 is 9.47 Å². The van der Waals surface area contributed by atoms with E-state index in [9.17, 15) is 35.9 Å². The van der Waals surface area contributed by atoms with E-state index in [1.54, 1.807) is 0 Å². The Morgan fingerprint density at radius 2 is 1.38 bits per heavy atom. The van der Waals surface area contributed by atoms with Crippen LogP contribution in [0.25, 0.3) is 0 Å². The molecule has 0 fully saturated rings. The fraction of sp³-hybridized carbons (Fsp3) is 0.400. The number of ether oxygens (including phenoxy) is 2. The molecule has 0 unspecified atom stereocenters. The Morgan fingerprint density at radius 1 is 0.905 bits per heavy atom. The van der Waals surface area contributed by atoms with Crippen LogP contribution >= 0.6 is 11.3 Å². The predicted molar refractivity (Wildman–Crippen MR) is 57.0 cm³/mol. The molecule has 0 aliphatic carbocycles. The normalized spacial score (nSPS) is 12.2. The number of alkyl halides is 6. The molecule has 0 saturated carbocycles. The lowest BCUT2D eigenvalue weighted by Gasteiger charge is -2.12. The average Bonchev–Trinajstić information content (AvgIpc) is 2.76. The summed E-state index contributed by atoms with van der Waals surface area (Å²) < 4.78 is 84.8. The van der Waals surface area contributed by atoms with Gasteiger partial charge in [-0.05, 0) is 0 Å². The number of hydrogen-bond donors (Lipinski definition) is 0. The van der Waals surface area contributed by atoms with Crippen LogP contribution < -0.4 is 0 Å². The lowest BCUT2D eigenvalue weighted by Crippen LogP contribution is -2.19. The van der Waals surface area contributed by atoms with Crippen LogP contribution in [-0.4, -0.2) is 26.2 Å². The Balaban J connectivity index is 3.82. The maximum atomic E-state index is 12.9. The van der Waals surface area contributed by atoms with Gasteiger partial charge in [0.2, 0.25) is 0 Å². The minimum atomic E-state index is -5.50. The van der Waals surface area contributed by atoms with E-state index in [2.05, 4.69) is 9.47 Å². The summed E-state index contributed by atoms with van der Waals surface area (Å²) in [5.74, 6) is -3.21. The van der Waals surface area contributed by atoms with E-state index in [1.807, 2.05) is 0 Å². The van der Waals surface area contributed by atoms with Crippen molar-refractivity contribution >= 4 is 23.3 Å². The number of rotatable bonds is 2. The van der Waals surface area contributed by atoms with Crippen molar-refractivity contribution in [2.45, 2.75) is 12.4 Å². The van der Waals surface area contributed by atoms with E-state index in [4.69, 9.17) is 0 Å². The molecule has 1 rings (SSSR count). The lowest BCUT2D eigenvalue weighted by molar-refractivity contribution is -0.159. The van der Waals surface area contributed by atoms with Crippen molar-refractivity contribution in [3.8, 4) is 0 Å². The van der Waals surface area contributed by atoms with E-state index in [0.717, 1.165) is 7.11 Å². The highest BCUT2D eigenvalue weighted by atomic mass is 32.1. The van der Waals surface area contributed by atoms with E-state index in [1.165, 1.54) is 0 Å². The Labute approximate surface area is 117 Å². The minimum absolute atomic E-state index is 0.524. The number of esters is 2. The molecule has 0 atom stereocenters. The van der Waals surface area contributed by atoms with Gasteiger partial charge in [0.05, 0.1) is 25.3 Å². The zero-order valence-electron chi connectivity index (χ0n) is 10.3. The van der Waals surface area contributed by atoms with Gasteiger partial charge in [0.15, 0.2) is 0 Å². The Bertz CT molecular complexity index is 571. The first-order valence-corrected chi connectivity index (χ1v) is 5.74. The highest BCUT2D eigenvalue weighted by Gasteiger charge is 2.50. The van der Waals surface area contributed by atoms with Crippen molar-refractivity contribution in [3.05, 3.63) is 20.9 Å². The maximum absolute atomic E-state index is 12.9. The molecule has 1 heterocycles. The number of carbonyl (C=O) groups excluding carboxylic acids is 2. The Hall–Kier alpha value is -1.78. The molecule has 11 heteroatoms. The van der Waals surface area contributed by atoms with Crippen LogP contribution in [-0.2, 0) is 21.8 Å². The fourth-order valence-corrected chi connectivity index (χ4v) is 2.53. The topological polar surface area (TPSA) is 52.6 Å². The number of thiophene rings is 1. The first kappa shape index (κ1) is 17.3. The molecule has 0 saturated heterocycles. The third-order valence-corrected chi connectivity index (χ3v) is 3.42. The molecular formula is C10H6F6O4S. The molecule has 0 aromatic carbocycles. The SMILES string of the molecule is COC(=O)c1sc(C(F)(F)F)c(C(F)(F)F)c1C(=O)OC. The van der Waals surface area contributed by atoms with Gasteiger partial charge in [-0.25, -0.2) is 9.59 Å². The second kappa shape index (κ2) is 5.54. The Morgan fingerprint density at radius 3 is 1.71 bits per heavy atom. The second-order valence-electron chi connectivity index (χ2n) is 3.49. The van der Waals surface area contributed by atoms with Gasteiger partial charge in [0, 0.05) is 0 Å². The summed E-state index contributed by atoms with van der Waals surface area (Å²) in [7, 11) is 1.43. The van der Waals surface area contributed by atoms with Crippen molar-refractivity contribution < 1.29 is 45.4 Å². The lowest BCUT2D eigenvalue weighted by atomic mass is 10.1. The molecule has 21 heavy (non-hydrogen) atoms. The molecule has 0 N–H and O–H groups in total. The van der Waals surface area contributed by atoms with Gasteiger partial charge in [-0.3, -0.25) is 0 Å². The fourth-order valence-electron chi connectivity index (χ4n) is 1.43. The van der Waals surface area contributed by atoms with Gasteiger partial charge in [-0.1, -0.05) is 0 Å². The standard InChI is InChI=1S/C10H6F6O4S/c1-19-7(17)3-4(9(11,12)13)6(10(14,15)16)21-5(3)8(18)20-2/h1-2H3. The smallest absolute Gasteiger partial charge is 0.426 e. The number of methoxy groups -OCH3 is 2. The van der Waals surface area contributed by atoms with Gasteiger partial charge in [0.1, 0.15) is 9.75 Å². The van der Waals surface area contributed by atoms with Gasteiger partial charge >= 0.3 is 24.3 Å². The zero-order chi connectivity index (χ0) is 16.6. The molecule has 1 aromatic heterocycles. The van der Waals surface area contributed by atoms with Crippen LogP contribution in [0.4, 0.5) is 26.3 Å². The molecule has 0 bridgehead atoms. The number of hydrogen-bond acceptors (Lipinski definition) is 5. The highest BCUT2D eigenvalue weighted by molar-refractivity contribution is 7.14. The number of carbonyl (C=O) groups is 2. The van der Waals surface area contributed by atoms with E-state index in [-0.39, 0.29) is 0 Å². The third kappa shape index (κ3) is 3.28. The molecule has 118 valence electrons. The van der Waals surface area contributed by atoms with E-state index < -0.39 is 56.5 Å². The van der Waals surface area contributed by atoms with Crippen LogP contribution in [0.2, 0.25) is 0 Å². The highest BCUT2D eigenvalue weighted by Crippen LogP contribution is 2.48. The van der Waals surface area contributed by atoms with Crippen molar-refractivity contribution in [1.29, 1.82) is 0 Å². The third-order valence-electron chi connectivity index (χ3n) is 2.21. The van der Waals surface area contributed by atoms with Crippen molar-refractivity contribution in [3.63, 3.8) is 0 Å². The van der Waals surface area contributed by atoms with Gasteiger partial charge in [0.25, 0.3) is 0 Å². The summed E-state index contributed by atoms with van der Waals surface area (Å²) in [6, 6.07) is 0. The number of halogens is 6. The maximum Gasteiger partial charge on any atom is 0.426 e. The van der Waals surface area contributed by atoms with Crippen molar-refractivity contribution in [2.75, 3.05) is 14.2 Å². The first-order chi connectivity index (χ1) is 9.45. The monoisotopic (exact) mass is 336 g/mol. The zero-order valence-corrected chi connectivity index (χ0v) is 11.1. The molecule has 4 nitrogen and oxygen atoms in total. The molecule has 0 radical (unpaired) electrons. The average molecular weight is 336 g/mol. The summed E-state index contributed by atoms with van der Waals surface area (Å²) in [5, 5.41) is 0. The minimum Gasteiger partial charge on any atom is -0.465 e. The van der Waals surface area contributed by atoms with Crippen LogP contribution in [0.3, 0.4) is 0 Å². The summed E-state index contributed by atoms with van der Waals surface area (Å²) in [6.07, 6.45) is -10.9. The summed E-state index contributed by atoms with van der Waals surface area (Å²) in [5.41, 5.74) is -3.76. The van der Waals surface area contributed by atoms with Crippen LogP contribution in [0.15, 0.2) is 0 Å². The van der Waals surface area contributed by atoms with Crippen molar-refractivity contribution in [2.24, 2.45) is 0 Å². The van der Waals surface area contributed by atoms with Crippen molar-refractivity contribution in [1.82, 2.24) is 0 Å². The molecule has 0 aliphatic rings. The summed E-state index contributed by atoms with van der Waals surface area (Å²) in [6.45, 7) is 0. The quantitative estimate of drug-likeness (QED) is 0.614. The molecule has 1 aromatic rings. The van der Waals surface area contributed by atoms with Gasteiger partial charge in [-0.15, -0.1) is 11.3 Å². The van der Waals surface area contributed by atoms with Crippen LogP contribution in [0.1, 0.15) is 30.5 Å². The van der Waals surface area contributed by atoms with E-state index in [0.29, 0.717) is 7.11 Å². The van der Waals surface area contributed by atoms with Crippen LogP contribution in [0.5, 0.6) is 0 Å². The largest absolute Gasteiger partial charge is 0.465 e. The molecule has 0 amide bonds. The Kier molecular flexibility index (Phi) is 4.56. The molecular weight excluding hydrogens is 330 g/mol. The molecule has 0 aliphatic heterocycles.